The number of hydrogen-bond acceptors (Lipinski definition) is 3. The number of nitrogens with zero attached hydrogens (tertiary/aromatic N) is 2. The third kappa shape index (κ3) is 3.58. The Morgan fingerprint density at radius 2 is 2.21 bits per heavy atom. The van der Waals surface area contributed by atoms with Gasteiger partial charge in [-0.05, 0) is 38.6 Å². The van der Waals surface area contributed by atoms with Crippen molar-refractivity contribution in [1.29, 1.82) is 0 Å². The van der Waals surface area contributed by atoms with Gasteiger partial charge in [0.25, 0.3) is 0 Å². The van der Waals surface area contributed by atoms with Crippen molar-refractivity contribution in [2.45, 2.75) is 33.0 Å². The molecule has 0 aliphatic rings. The largest absolute Gasteiger partial charge is 0.487 e. The second kappa shape index (κ2) is 6.38. The van der Waals surface area contributed by atoms with Gasteiger partial charge in [0.2, 0.25) is 0 Å². The summed E-state index contributed by atoms with van der Waals surface area (Å²) in [6.07, 6.45) is 3.71. The van der Waals surface area contributed by atoms with E-state index in [1.165, 1.54) is 5.56 Å². The monoisotopic (exact) mass is 259 g/mol. The fraction of sp³-hybridized carbons (Fsp3) is 0.400. The first-order chi connectivity index (χ1) is 9.20. The van der Waals surface area contributed by atoms with Crippen molar-refractivity contribution in [3.05, 3.63) is 48.0 Å². The lowest BCUT2D eigenvalue weighted by Crippen LogP contribution is -2.08. The molecule has 2 rings (SSSR count). The quantitative estimate of drug-likeness (QED) is 0.867. The number of nitrogens with one attached hydrogen (secondary N) is 1. The molecule has 0 saturated heterocycles. The highest BCUT2D eigenvalue weighted by atomic mass is 16.5. The van der Waals surface area contributed by atoms with Crippen LogP contribution < -0.4 is 10.1 Å². The Morgan fingerprint density at radius 3 is 2.95 bits per heavy atom. The van der Waals surface area contributed by atoms with Crippen LogP contribution in [-0.4, -0.2) is 16.6 Å². The van der Waals surface area contributed by atoms with Crippen LogP contribution in [-0.2, 0) is 13.2 Å². The first kappa shape index (κ1) is 13.6. The van der Waals surface area contributed by atoms with E-state index in [9.17, 15) is 0 Å². The summed E-state index contributed by atoms with van der Waals surface area (Å²) in [4.78, 5) is 4.18. The van der Waals surface area contributed by atoms with E-state index < -0.39 is 0 Å². The number of hydrogen-bond donors (Lipinski definition) is 1. The van der Waals surface area contributed by atoms with Gasteiger partial charge in [-0.25, -0.2) is 4.98 Å². The smallest absolute Gasteiger partial charge is 0.130 e. The molecular formula is C15H21N3O. The minimum atomic E-state index is 0.400. The summed E-state index contributed by atoms with van der Waals surface area (Å²) in [5.74, 6) is 0.893. The van der Waals surface area contributed by atoms with Crippen molar-refractivity contribution in [2.75, 3.05) is 7.05 Å². The Labute approximate surface area is 114 Å². The fourth-order valence-electron chi connectivity index (χ4n) is 2.02. The number of ether oxygens (including phenoxy) is 1. The van der Waals surface area contributed by atoms with Crippen molar-refractivity contribution in [1.82, 2.24) is 14.9 Å². The lowest BCUT2D eigenvalue weighted by atomic mass is 10.2. The van der Waals surface area contributed by atoms with Crippen LogP contribution in [0.15, 0.2) is 36.8 Å². The molecule has 0 spiro atoms. The first-order valence-corrected chi connectivity index (χ1v) is 6.57. The van der Waals surface area contributed by atoms with Gasteiger partial charge in [0.15, 0.2) is 0 Å². The second-order valence-electron chi connectivity index (χ2n) is 4.85. The maximum atomic E-state index is 5.84. The minimum absolute atomic E-state index is 0.400. The average Bonchev–Trinajstić information content (AvgIpc) is 2.86. The van der Waals surface area contributed by atoms with Crippen LogP contribution in [0.1, 0.15) is 31.1 Å². The summed E-state index contributed by atoms with van der Waals surface area (Å²) in [5.41, 5.74) is 2.31. The van der Waals surface area contributed by atoms with E-state index in [-0.39, 0.29) is 0 Å². The van der Waals surface area contributed by atoms with Gasteiger partial charge in [0.1, 0.15) is 12.4 Å². The Kier molecular flexibility index (Phi) is 4.58. The fourth-order valence-corrected chi connectivity index (χ4v) is 2.02. The highest BCUT2D eigenvalue weighted by Crippen LogP contribution is 2.16. The van der Waals surface area contributed by atoms with Gasteiger partial charge in [-0.1, -0.05) is 12.1 Å². The Balaban J connectivity index is 2.02. The van der Waals surface area contributed by atoms with Gasteiger partial charge in [-0.3, -0.25) is 0 Å². The normalized spacial score (nSPS) is 10.9. The van der Waals surface area contributed by atoms with Crippen LogP contribution >= 0.6 is 0 Å². The van der Waals surface area contributed by atoms with Crippen molar-refractivity contribution in [2.24, 2.45) is 0 Å². The highest BCUT2D eigenvalue weighted by molar-refractivity contribution is 5.28. The number of rotatable bonds is 6. The molecule has 4 heteroatoms. The Bertz CT molecular complexity index is 520. The summed E-state index contributed by atoms with van der Waals surface area (Å²) in [5, 5.41) is 3.14. The van der Waals surface area contributed by atoms with Gasteiger partial charge < -0.3 is 14.6 Å². The Morgan fingerprint density at radius 1 is 1.37 bits per heavy atom. The highest BCUT2D eigenvalue weighted by Gasteiger charge is 2.06. The van der Waals surface area contributed by atoms with Crippen LogP contribution in [0, 0.1) is 0 Å². The lowest BCUT2D eigenvalue weighted by molar-refractivity contribution is 0.291. The number of benzene rings is 1. The third-order valence-electron chi connectivity index (χ3n) is 2.97. The van der Waals surface area contributed by atoms with Gasteiger partial charge in [-0.15, -0.1) is 0 Å². The molecule has 1 aromatic heterocycles. The van der Waals surface area contributed by atoms with Crippen molar-refractivity contribution in [3.8, 4) is 5.75 Å². The first-order valence-electron chi connectivity index (χ1n) is 6.57. The van der Waals surface area contributed by atoms with Crippen LogP contribution in [0.3, 0.4) is 0 Å². The molecule has 0 unspecified atom stereocenters. The molecule has 1 heterocycles. The molecule has 4 nitrogen and oxygen atoms in total. The van der Waals surface area contributed by atoms with E-state index in [1.54, 1.807) is 0 Å². The maximum absolute atomic E-state index is 5.84. The van der Waals surface area contributed by atoms with Gasteiger partial charge in [0, 0.05) is 12.6 Å². The van der Waals surface area contributed by atoms with Gasteiger partial charge >= 0.3 is 0 Å². The van der Waals surface area contributed by atoms with E-state index in [1.807, 2.05) is 31.7 Å². The second-order valence-corrected chi connectivity index (χ2v) is 4.85. The summed E-state index contributed by atoms with van der Waals surface area (Å²) < 4.78 is 7.96. The molecule has 0 radical (unpaired) electrons. The zero-order chi connectivity index (χ0) is 13.7. The molecule has 1 N–H and O–H groups in total. The predicted molar refractivity (Wildman–Crippen MR) is 76.1 cm³/mol. The van der Waals surface area contributed by atoms with Crippen LogP contribution in [0.2, 0.25) is 0 Å². The maximum Gasteiger partial charge on any atom is 0.130 e. The summed E-state index contributed by atoms with van der Waals surface area (Å²) in [7, 11) is 1.94. The molecule has 0 aliphatic heterocycles. The average molecular weight is 259 g/mol. The summed E-state index contributed by atoms with van der Waals surface area (Å²) >= 11 is 0. The van der Waals surface area contributed by atoms with E-state index >= 15 is 0 Å². The molecule has 0 saturated carbocycles. The van der Waals surface area contributed by atoms with E-state index in [0.717, 1.165) is 18.0 Å². The molecule has 0 amide bonds. The zero-order valence-electron chi connectivity index (χ0n) is 11.8. The zero-order valence-corrected chi connectivity index (χ0v) is 11.8. The van der Waals surface area contributed by atoms with Gasteiger partial charge in [0.05, 0.1) is 18.2 Å². The topological polar surface area (TPSA) is 39.1 Å². The molecule has 0 atom stereocenters. The van der Waals surface area contributed by atoms with E-state index in [0.29, 0.717) is 12.6 Å². The van der Waals surface area contributed by atoms with E-state index in [4.69, 9.17) is 4.74 Å². The number of imidazole rings is 1. The molecule has 0 fully saturated rings. The molecule has 1 aromatic carbocycles. The lowest BCUT2D eigenvalue weighted by Gasteiger charge is -2.13. The standard InChI is InChI=1S/C15H21N3O/c1-12(2)18-11-17-9-14(18)10-19-15-6-4-5-13(7-15)8-16-3/h4-7,9,11-12,16H,8,10H2,1-3H3. The molecule has 2 aromatic rings. The van der Waals surface area contributed by atoms with Gasteiger partial charge in [-0.2, -0.15) is 0 Å². The van der Waals surface area contributed by atoms with Crippen LogP contribution in [0.4, 0.5) is 0 Å². The molecular weight excluding hydrogens is 238 g/mol. The Hall–Kier alpha value is -1.81. The minimum Gasteiger partial charge on any atom is -0.487 e. The van der Waals surface area contributed by atoms with E-state index in [2.05, 4.69) is 40.8 Å². The third-order valence-corrected chi connectivity index (χ3v) is 2.97. The summed E-state index contributed by atoms with van der Waals surface area (Å²) in [6.45, 7) is 5.67. The predicted octanol–water partition coefficient (Wildman–Crippen LogP) is 2.76. The van der Waals surface area contributed by atoms with Crippen LogP contribution in [0.25, 0.3) is 0 Å². The number of aromatic nitrogens is 2. The van der Waals surface area contributed by atoms with Crippen LogP contribution in [0.5, 0.6) is 5.75 Å². The SMILES string of the molecule is CNCc1cccc(OCc2cncn2C(C)C)c1. The molecule has 19 heavy (non-hydrogen) atoms. The molecule has 0 bridgehead atoms. The van der Waals surface area contributed by atoms with Crippen molar-refractivity contribution >= 4 is 0 Å². The molecule has 0 aliphatic carbocycles. The molecule has 102 valence electrons. The summed E-state index contributed by atoms with van der Waals surface area (Å²) in [6, 6.07) is 8.54. The van der Waals surface area contributed by atoms with Crippen molar-refractivity contribution in [3.63, 3.8) is 0 Å². The van der Waals surface area contributed by atoms with Crippen molar-refractivity contribution < 1.29 is 4.74 Å².